The Bertz CT molecular complexity index is 1360. The molecule has 40 heavy (non-hydrogen) atoms. The Morgan fingerprint density at radius 1 is 1.12 bits per heavy atom. The lowest BCUT2D eigenvalue weighted by Crippen LogP contribution is -2.36. The predicted molar refractivity (Wildman–Crippen MR) is 132 cm³/mol. The number of hydrogen-bond acceptors (Lipinski definition) is 8. The number of cyclic esters (lactones) is 1. The molecule has 3 rings (SSSR count). The van der Waals surface area contributed by atoms with Gasteiger partial charge in [-0.2, -0.15) is 30.4 Å². The van der Waals surface area contributed by atoms with Crippen molar-refractivity contribution >= 4 is 16.1 Å². The number of methoxy groups -OCH3 is 1. The number of ether oxygens (including phenoxy) is 3. The van der Waals surface area contributed by atoms with E-state index in [2.05, 4.69) is 0 Å². The second-order valence-corrected chi connectivity index (χ2v) is 11.5. The molecule has 222 valence electrons. The SMILES string of the molecule is COc1c([C@@H](O)CC(C)C)ccc2c1C(=O)OCc1cc(C)cc(OS(=O)(=O)CCCC(F)(F)C(F)(F)F)c1O2. The fraction of sp³-hybridized carbons (Fsp3) is 0.500. The number of rotatable bonds is 10. The fourth-order valence-electron chi connectivity index (χ4n) is 4.13. The molecule has 1 heterocycles. The second kappa shape index (κ2) is 11.8. The van der Waals surface area contributed by atoms with Gasteiger partial charge in [-0.3, -0.25) is 0 Å². The molecule has 0 bridgehead atoms. The van der Waals surface area contributed by atoms with E-state index in [1.165, 1.54) is 31.4 Å². The molecule has 0 fully saturated rings. The summed E-state index contributed by atoms with van der Waals surface area (Å²) in [5, 5.41) is 10.7. The summed E-state index contributed by atoms with van der Waals surface area (Å²) in [7, 11) is -3.36. The summed E-state index contributed by atoms with van der Waals surface area (Å²) in [5.74, 6) is -7.59. The monoisotopic (exact) mass is 596 g/mol. The lowest BCUT2D eigenvalue weighted by molar-refractivity contribution is -0.284. The normalized spacial score (nSPS) is 14.8. The van der Waals surface area contributed by atoms with Gasteiger partial charge in [0.2, 0.25) is 0 Å². The first-order valence-electron chi connectivity index (χ1n) is 12.2. The minimum atomic E-state index is -5.81. The van der Waals surface area contributed by atoms with Crippen molar-refractivity contribution in [2.75, 3.05) is 12.9 Å². The number of esters is 1. The highest BCUT2D eigenvalue weighted by Gasteiger charge is 2.56. The summed E-state index contributed by atoms with van der Waals surface area (Å²) in [6.45, 7) is 4.99. The van der Waals surface area contributed by atoms with E-state index in [9.17, 15) is 40.3 Å². The van der Waals surface area contributed by atoms with Crippen LogP contribution in [0.4, 0.5) is 22.0 Å². The van der Waals surface area contributed by atoms with Crippen LogP contribution in [0.5, 0.6) is 23.0 Å². The molecular formula is C26H29F5O8S. The average Bonchev–Trinajstić information content (AvgIpc) is 2.81. The topological polar surface area (TPSA) is 108 Å². The van der Waals surface area contributed by atoms with E-state index in [1.807, 2.05) is 13.8 Å². The molecular weight excluding hydrogens is 567 g/mol. The molecule has 2 aromatic carbocycles. The number of carbonyl (C=O) groups is 1. The number of fused-ring (bicyclic) bond motifs is 2. The number of aliphatic hydroxyl groups excluding tert-OH is 1. The van der Waals surface area contributed by atoms with E-state index >= 15 is 0 Å². The van der Waals surface area contributed by atoms with Crippen molar-refractivity contribution in [3.63, 3.8) is 0 Å². The Labute approximate surface area is 228 Å². The number of aliphatic hydroxyl groups is 1. The van der Waals surface area contributed by atoms with Gasteiger partial charge in [0.1, 0.15) is 23.7 Å². The van der Waals surface area contributed by atoms with Crippen molar-refractivity contribution in [3.05, 3.63) is 46.5 Å². The van der Waals surface area contributed by atoms with Gasteiger partial charge in [-0.15, -0.1) is 0 Å². The maximum Gasteiger partial charge on any atom is 0.453 e. The summed E-state index contributed by atoms with van der Waals surface area (Å²) < 4.78 is 111. The molecule has 0 saturated heterocycles. The van der Waals surface area contributed by atoms with E-state index in [1.54, 1.807) is 6.92 Å². The van der Waals surface area contributed by atoms with Gasteiger partial charge in [0.15, 0.2) is 11.5 Å². The van der Waals surface area contributed by atoms with Crippen molar-refractivity contribution in [1.29, 1.82) is 0 Å². The third-order valence-electron chi connectivity index (χ3n) is 5.98. The Hall–Kier alpha value is -3.13. The number of carbonyl (C=O) groups excluding carboxylic acids is 1. The van der Waals surface area contributed by atoms with Gasteiger partial charge in [-0.05, 0) is 55.5 Å². The highest BCUT2D eigenvalue weighted by Crippen LogP contribution is 2.45. The van der Waals surface area contributed by atoms with Gasteiger partial charge < -0.3 is 23.5 Å². The molecule has 0 spiro atoms. The molecule has 0 unspecified atom stereocenters. The van der Waals surface area contributed by atoms with Crippen LogP contribution >= 0.6 is 0 Å². The second-order valence-electron chi connectivity index (χ2n) is 9.79. The van der Waals surface area contributed by atoms with Crippen molar-refractivity contribution in [1.82, 2.24) is 0 Å². The third kappa shape index (κ3) is 7.14. The van der Waals surface area contributed by atoms with Crippen LogP contribution in [-0.4, -0.2) is 44.5 Å². The summed E-state index contributed by atoms with van der Waals surface area (Å²) >= 11 is 0. The molecule has 8 nitrogen and oxygen atoms in total. The molecule has 1 N–H and O–H groups in total. The molecule has 1 aliphatic rings. The first kappa shape index (κ1) is 31.4. The standard InChI is InChI=1S/C26H29F5O8S/c1-14(2)10-18(32)17-6-7-19-21(23(17)36-4)24(33)37-13-16-11-15(3)12-20(22(16)38-19)39-40(34,35)9-5-8-25(27,28)26(29,30)31/h6-7,11-12,14,18,32H,5,8-10,13H2,1-4H3/t18-/m0/s1. The smallest absolute Gasteiger partial charge is 0.453 e. The predicted octanol–water partition coefficient (Wildman–Crippen LogP) is 6.23. The Morgan fingerprint density at radius 2 is 1.80 bits per heavy atom. The molecule has 2 aromatic rings. The van der Waals surface area contributed by atoms with Gasteiger partial charge in [-0.1, -0.05) is 13.8 Å². The number of benzene rings is 2. The molecule has 0 radical (unpaired) electrons. The van der Waals surface area contributed by atoms with Crippen LogP contribution in [0.15, 0.2) is 24.3 Å². The van der Waals surface area contributed by atoms with Crippen LogP contribution < -0.4 is 13.7 Å². The molecule has 0 aromatic heterocycles. The van der Waals surface area contributed by atoms with E-state index in [0.717, 1.165) is 0 Å². The lowest BCUT2D eigenvalue weighted by atomic mass is 9.96. The highest BCUT2D eigenvalue weighted by molar-refractivity contribution is 7.87. The molecule has 1 aliphatic heterocycles. The molecule has 1 atom stereocenters. The van der Waals surface area contributed by atoms with Crippen LogP contribution in [0.25, 0.3) is 0 Å². The van der Waals surface area contributed by atoms with Gasteiger partial charge >= 0.3 is 28.2 Å². The number of aryl methyl sites for hydroxylation is 1. The van der Waals surface area contributed by atoms with Gasteiger partial charge in [0.25, 0.3) is 0 Å². The zero-order valence-electron chi connectivity index (χ0n) is 22.1. The van der Waals surface area contributed by atoms with Gasteiger partial charge in [0.05, 0.1) is 19.0 Å². The van der Waals surface area contributed by atoms with Crippen LogP contribution in [0.3, 0.4) is 0 Å². The lowest BCUT2D eigenvalue weighted by Gasteiger charge is -2.24. The van der Waals surface area contributed by atoms with E-state index in [0.29, 0.717) is 17.5 Å². The summed E-state index contributed by atoms with van der Waals surface area (Å²) in [6, 6.07) is 5.65. The van der Waals surface area contributed by atoms with Crippen LogP contribution in [0.1, 0.15) is 66.3 Å². The Kier molecular flexibility index (Phi) is 9.24. The highest BCUT2D eigenvalue weighted by atomic mass is 32.2. The minimum absolute atomic E-state index is 0.00751. The quantitative estimate of drug-likeness (QED) is 0.195. The van der Waals surface area contributed by atoms with Gasteiger partial charge in [0, 0.05) is 17.5 Å². The van der Waals surface area contributed by atoms with Crippen molar-refractivity contribution in [3.8, 4) is 23.0 Å². The average molecular weight is 597 g/mol. The molecule has 0 amide bonds. The Morgan fingerprint density at radius 3 is 2.40 bits per heavy atom. The van der Waals surface area contributed by atoms with Crippen LogP contribution in [0, 0.1) is 12.8 Å². The van der Waals surface area contributed by atoms with Crippen molar-refractivity contribution in [2.24, 2.45) is 5.92 Å². The van der Waals surface area contributed by atoms with Crippen molar-refractivity contribution in [2.45, 2.75) is 64.8 Å². The number of hydrogen-bond donors (Lipinski definition) is 1. The van der Waals surface area contributed by atoms with Crippen LogP contribution in [-0.2, 0) is 21.5 Å². The Balaban J connectivity index is 1.97. The van der Waals surface area contributed by atoms with Crippen molar-refractivity contribution < 1.29 is 58.7 Å². The van der Waals surface area contributed by atoms with Gasteiger partial charge in [-0.25, -0.2) is 4.79 Å². The minimum Gasteiger partial charge on any atom is -0.495 e. The molecule has 0 saturated carbocycles. The van der Waals surface area contributed by atoms with E-state index < -0.39 is 52.9 Å². The summed E-state index contributed by atoms with van der Waals surface area (Å²) in [4.78, 5) is 13.0. The number of halogens is 5. The molecule has 14 heteroatoms. The zero-order chi connectivity index (χ0) is 30.0. The summed E-state index contributed by atoms with van der Waals surface area (Å²) in [6.07, 6.45) is -9.20. The zero-order valence-corrected chi connectivity index (χ0v) is 22.9. The number of alkyl halides is 5. The molecule has 0 aliphatic carbocycles. The maximum atomic E-state index is 13.2. The first-order chi connectivity index (χ1) is 18.5. The first-order valence-corrected chi connectivity index (χ1v) is 13.8. The third-order valence-corrected chi connectivity index (χ3v) is 7.20. The fourth-order valence-corrected chi connectivity index (χ4v) is 5.11. The van der Waals surface area contributed by atoms with E-state index in [-0.39, 0.29) is 46.6 Å². The largest absolute Gasteiger partial charge is 0.495 e. The van der Waals surface area contributed by atoms with Crippen LogP contribution in [0.2, 0.25) is 0 Å². The maximum absolute atomic E-state index is 13.2. The summed E-state index contributed by atoms with van der Waals surface area (Å²) in [5.41, 5.74) is 0.792. The van der Waals surface area contributed by atoms with E-state index in [4.69, 9.17) is 18.4 Å².